The SMILES string of the molecule is CC(CC1CCCN1)NCCC(C)NC(=O)OC(C)(C)C. The van der Waals surface area contributed by atoms with E-state index in [-0.39, 0.29) is 12.1 Å². The predicted molar refractivity (Wildman–Crippen MR) is 86.6 cm³/mol. The lowest BCUT2D eigenvalue weighted by molar-refractivity contribution is 0.0506. The number of amides is 1. The predicted octanol–water partition coefficient (Wildman–Crippen LogP) is 2.41. The highest BCUT2D eigenvalue weighted by atomic mass is 16.6. The summed E-state index contributed by atoms with van der Waals surface area (Å²) in [6, 6.07) is 1.29. The maximum Gasteiger partial charge on any atom is 0.407 e. The van der Waals surface area contributed by atoms with Crippen LogP contribution in [0.1, 0.15) is 60.3 Å². The standard InChI is InChI=1S/C16H33N3O2/c1-12(19-15(20)21-16(3,4)5)8-10-17-13(2)11-14-7-6-9-18-14/h12-14,17-18H,6-11H2,1-5H3,(H,19,20). The summed E-state index contributed by atoms with van der Waals surface area (Å²) in [6.45, 7) is 11.9. The minimum atomic E-state index is -0.440. The van der Waals surface area contributed by atoms with Gasteiger partial charge in [0.2, 0.25) is 0 Å². The van der Waals surface area contributed by atoms with Gasteiger partial charge in [-0.2, -0.15) is 0 Å². The van der Waals surface area contributed by atoms with Crippen LogP contribution in [0.25, 0.3) is 0 Å². The van der Waals surface area contributed by atoms with Crippen molar-refractivity contribution in [3.8, 4) is 0 Å². The minimum absolute atomic E-state index is 0.115. The minimum Gasteiger partial charge on any atom is -0.444 e. The molecular weight excluding hydrogens is 266 g/mol. The zero-order chi connectivity index (χ0) is 15.9. The monoisotopic (exact) mass is 299 g/mol. The van der Waals surface area contributed by atoms with E-state index < -0.39 is 5.60 Å². The number of carbonyl (C=O) groups excluding carboxylic acids is 1. The Morgan fingerprint density at radius 3 is 2.62 bits per heavy atom. The van der Waals surface area contributed by atoms with E-state index in [4.69, 9.17) is 4.74 Å². The van der Waals surface area contributed by atoms with E-state index in [1.54, 1.807) is 0 Å². The zero-order valence-corrected chi connectivity index (χ0v) is 14.3. The molecule has 0 radical (unpaired) electrons. The molecule has 1 fully saturated rings. The molecule has 0 aromatic carbocycles. The quantitative estimate of drug-likeness (QED) is 0.675. The van der Waals surface area contributed by atoms with Crippen LogP contribution in [0.15, 0.2) is 0 Å². The van der Waals surface area contributed by atoms with Gasteiger partial charge in [0, 0.05) is 18.1 Å². The van der Waals surface area contributed by atoms with Crippen molar-refractivity contribution in [2.75, 3.05) is 13.1 Å². The Balaban J connectivity index is 2.09. The summed E-state index contributed by atoms with van der Waals surface area (Å²) in [4.78, 5) is 11.6. The van der Waals surface area contributed by atoms with E-state index in [2.05, 4.69) is 22.9 Å². The summed E-state index contributed by atoms with van der Waals surface area (Å²) in [5, 5.41) is 9.92. The molecule has 0 aliphatic carbocycles. The third kappa shape index (κ3) is 8.94. The Labute approximate surface area is 129 Å². The van der Waals surface area contributed by atoms with E-state index in [1.165, 1.54) is 19.3 Å². The van der Waals surface area contributed by atoms with E-state index >= 15 is 0 Å². The molecule has 1 aliphatic heterocycles. The lowest BCUT2D eigenvalue weighted by Crippen LogP contribution is -2.40. The highest BCUT2D eigenvalue weighted by Gasteiger charge is 2.18. The topological polar surface area (TPSA) is 62.4 Å². The van der Waals surface area contributed by atoms with E-state index in [0.29, 0.717) is 12.1 Å². The first kappa shape index (κ1) is 18.2. The Bertz CT molecular complexity index is 309. The van der Waals surface area contributed by atoms with Crippen molar-refractivity contribution in [1.82, 2.24) is 16.0 Å². The lowest BCUT2D eigenvalue weighted by atomic mass is 10.1. The van der Waals surface area contributed by atoms with Crippen molar-refractivity contribution in [2.24, 2.45) is 0 Å². The molecule has 5 nitrogen and oxygen atoms in total. The number of hydrogen-bond acceptors (Lipinski definition) is 4. The number of ether oxygens (including phenoxy) is 1. The van der Waals surface area contributed by atoms with Gasteiger partial charge in [0.25, 0.3) is 0 Å². The van der Waals surface area contributed by atoms with Gasteiger partial charge in [0.1, 0.15) is 5.60 Å². The molecule has 0 spiro atoms. The first-order chi connectivity index (χ1) is 9.76. The molecule has 1 saturated heterocycles. The Hall–Kier alpha value is -0.810. The molecule has 3 N–H and O–H groups in total. The smallest absolute Gasteiger partial charge is 0.407 e. The van der Waals surface area contributed by atoms with Crippen LogP contribution in [-0.2, 0) is 4.74 Å². The molecule has 1 rings (SSSR count). The van der Waals surface area contributed by atoms with Crippen molar-refractivity contribution in [3.05, 3.63) is 0 Å². The van der Waals surface area contributed by atoms with E-state index in [0.717, 1.165) is 19.5 Å². The van der Waals surface area contributed by atoms with Crippen molar-refractivity contribution in [1.29, 1.82) is 0 Å². The largest absolute Gasteiger partial charge is 0.444 e. The second-order valence-corrected chi connectivity index (χ2v) is 7.22. The van der Waals surface area contributed by atoms with Crippen LogP contribution in [0.3, 0.4) is 0 Å². The molecule has 1 aliphatic rings. The fourth-order valence-electron chi connectivity index (χ4n) is 2.60. The number of nitrogens with one attached hydrogen (secondary N) is 3. The van der Waals surface area contributed by atoms with Gasteiger partial charge >= 0.3 is 6.09 Å². The molecule has 124 valence electrons. The molecule has 1 amide bonds. The fourth-order valence-corrected chi connectivity index (χ4v) is 2.60. The first-order valence-corrected chi connectivity index (χ1v) is 8.22. The van der Waals surface area contributed by atoms with Crippen LogP contribution in [-0.4, -0.2) is 42.9 Å². The Kier molecular flexibility index (Phi) is 7.46. The van der Waals surface area contributed by atoms with Crippen molar-refractivity contribution in [2.45, 2.75) is 84.0 Å². The molecule has 0 saturated carbocycles. The lowest BCUT2D eigenvalue weighted by Gasteiger charge is -2.23. The molecule has 3 atom stereocenters. The summed E-state index contributed by atoms with van der Waals surface area (Å²) >= 11 is 0. The van der Waals surface area contributed by atoms with E-state index in [9.17, 15) is 4.79 Å². The van der Waals surface area contributed by atoms with E-state index in [1.807, 2.05) is 27.7 Å². The summed E-state index contributed by atoms with van der Waals surface area (Å²) < 4.78 is 5.25. The average molecular weight is 299 g/mol. The van der Waals surface area contributed by atoms with Crippen LogP contribution in [0.5, 0.6) is 0 Å². The van der Waals surface area contributed by atoms with Crippen molar-refractivity contribution in [3.63, 3.8) is 0 Å². The van der Waals surface area contributed by atoms with Crippen LogP contribution < -0.4 is 16.0 Å². The molecule has 0 aromatic rings. The molecule has 1 heterocycles. The summed E-state index contributed by atoms with van der Waals surface area (Å²) in [7, 11) is 0. The Morgan fingerprint density at radius 1 is 1.33 bits per heavy atom. The van der Waals surface area contributed by atoms with Crippen LogP contribution in [0.2, 0.25) is 0 Å². The summed E-state index contributed by atoms with van der Waals surface area (Å²) in [5.74, 6) is 0. The van der Waals surface area contributed by atoms with Gasteiger partial charge in [0.15, 0.2) is 0 Å². The highest BCUT2D eigenvalue weighted by Crippen LogP contribution is 2.11. The zero-order valence-electron chi connectivity index (χ0n) is 14.3. The van der Waals surface area contributed by atoms with Gasteiger partial charge in [-0.25, -0.2) is 4.79 Å². The number of carbonyl (C=O) groups is 1. The fraction of sp³-hybridized carbons (Fsp3) is 0.938. The molecule has 3 unspecified atom stereocenters. The van der Waals surface area contributed by atoms with Gasteiger partial charge in [-0.05, 0) is 73.4 Å². The summed E-state index contributed by atoms with van der Waals surface area (Å²) in [6.07, 6.45) is 4.34. The van der Waals surface area contributed by atoms with Gasteiger partial charge in [0.05, 0.1) is 0 Å². The van der Waals surface area contributed by atoms with Crippen molar-refractivity contribution < 1.29 is 9.53 Å². The average Bonchev–Trinajstić information content (AvgIpc) is 2.78. The maximum absolute atomic E-state index is 11.6. The summed E-state index contributed by atoms with van der Waals surface area (Å²) in [5.41, 5.74) is -0.440. The van der Waals surface area contributed by atoms with Gasteiger partial charge < -0.3 is 20.7 Å². The molecule has 0 bridgehead atoms. The third-order valence-corrected chi connectivity index (χ3v) is 3.63. The van der Waals surface area contributed by atoms with Gasteiger partial charge in [-0.3, -0.25) is 0 Å². The normalized spacial score (nSPS) is 21.9. The molecule has 5 heteroatoms. The highest BCUT2D eigenvalue weighted by molar-refractivity contribution is 5.67. The van der Waals surface area contributed by atoms with Crippen LogP contribution in [0.4, 0.5) is 4.79 Å². The van der Waals surface area contributed by atoms with Gasteiger partial charge in [-0.15, -0.1) is 0 Å². The molecule has 21 heavy (non-hydrogen) atoms. The first-order valence-electron chi connectivity index (χ1n) is 8.22. The molecule has 0 aromatic heterocycles. The second-order valence-electron chi connectivity index (χ2n) is 7.22. The van der Waals surface area contributed by atoms with Gasteiger partial charge in [-0.1, -0.05) is 0 Å². The van der Waals surface area contributed by atoms with Crippen LogP contribution in [0, 0.1) is 0 Å². The molecular formula is C16H33N3O2. The third-order valence-electron chi connectivity index (χ3n) is 3.63. The number of alkyl carbamates (subject to hydrolysis) is 1. The Morgan fingerprint density at radius 2 is 2.05 bits per heavy atom. The second kappa shape index (κ2) is 8.59. The van der Waals surface area contributed by atoms with Crippen molar-refractivity contribution >= 4 is 6.09 Å². The maximum atomic E-state index is 11.6. The number of rotatable bonds is 7. The number of hydrogen-bond donors (Lipinski definition) is 3. The van der Waals surface area contributed by atoms with Crippen LogP contribution >= 0.6 is 0 Å².